The number of aromatic nitrogens is 3. The van der Waals surface area contributed by atoms with E-state index < -0.39 is 0 Å². The van der Waals surface area contributed by atoms with Crippen molar-refractivity contribution in [3.63, 3.8) is 0 Å². The fourth-order valence-electron chi connectivity index (χ4n) is 3.49. The van der Waals surface area contributed by atoms with E-state index in [9.17, 15) is 9.18 Å². The second kappa shape index (κ2) is 8.05. The monoisotopic (exact) mass is 448 g/mol. The van der Waals surface area contributed by atoms with Crippen molar-refractivity contribution >= 4 is 44.6 Å². The lowest BCUT2D eigenvalue weighted by atomic mass is 10.1. The number of anilines is 1. The van der Waals surface area contributed by atoms with Gasteiger partial charge in [0.25, 0.3) is 0 Å². The highest BCUT2D eigenvalue weighted by molar-refractivity contribution is 7.14. The van der Waals surface area contributed by atoms with Gasteiger partial charge in [-0.15, -0.1) is 22.7 Å². The Hall–Kier alpha value is -3.36. The Kier molecular flexibility index (Phi) is 5.09. The zero-order valence-corrected chi connectivity index (χ0v) is 18.1. The second-order valence-electron chi connectivity index (χ2n) is 7.08. The van der Waals surface area contributed by atoms with Crippen molar-refractivity contribution in [2.24, 2.45) is 0 Å². The van der Waals surface area contributed by atoms with Gasteiger partial charge in [0.2, 0.25) is 5.91 Å². The Morgan fingerprint density at radius 1 is 1.06 bits per heavy atom. The summed E-state index contributed by atoms with van der Waals surface area (Å²) in [6.07, 6.45) is 0.152. The van der Waals surface area contributed by atoms with Gasteiger partial charge in [-0.1, -0.05) is 18.2 Å². The molecule has 0 saturated heterocycles. The zero-order chi connectivity index (χ0) is 21.4. The Morgan fingerprint density at radius 3 is 2.71 bits per heavy atom. The molecule has 2 aromatic carbocycles. The van der Waals surface area contributed by atoms with E-state index in [4.69, 9.17) is 0 Å². The molecule has 8 heteroatoms. The van der Waals surface area contributed by atoms with E-state index >= 15 is 0 Å². The van der Waals surface area contributed by atoms with Gasteiger partial charge in [0.1, 0.15) is 10.8 Å². The predicted octanol–water partition coefficient (Wildman–Crippen LogP) is 6.04. The summed E-state index contributed by atoms with van der Waals surface area (Å²) in [7, 11) is 0. The predicted molar refractivity (Wildman–Crippen MR) is 124 cm³/mol. The summed E-state index contributed by atoms with van der Waals surface area (Å²) in [5.41, 5.74) is 5.50. The van der Waals surface area contributed by atoms with Crippen molar-refractivity contribution in [1.29, 1.82) is 0 Å². The maximum Gasteiger partial charge on any atom is 0.232 e. The molecule has 0 fully saturated rings. The minimum Gasteiger partial charge on any atom is -0.358 e. The minimum absolute atomic E-state index is 0.152. The molecule has 1 amide bonds. The van der Waals surface area contributed by atoms with E-state index in [0.717, 1.165) is 38.4 Å². The first-order valence-electron chi connectivity index (χ1n) is 9.60. The van der Waals surface area contributed by atoms with Crippen LogP contribution in [0.4, 0.5) is 9.52 Å². The summed E-state index contributed by atoms with van der Waals surface area (Å²) in [6, 6.07) is 14.3. The number of hydrogen-bond acceptors (Lipinski definition) is 5. The molecule has 5 rings (SSSR count). The molecule has 2 N–H and O–H groups in total. The van der Waals surface area contributed by atoms with E-state index in [1.165, 1.54) is 34.8 Å². The number of hydrogen-bond donors (Lipinski definition) is 2. The maximum absolute atomic E-state index is 13.1. The Morgan fingerprint density at radius 2 is 1.87 bits per heavy atom. The number of carbonyl (C=O) groups is 1. The number of nitrogens with one attached hydrogen (secondary N) is 2. The minimum atomic E-state index is -0.287. The van der Waals surface area contributed by atoms with Crippen LogP contribution in [0.5, 0.6) is 0 Å². The fraction of sp³-hybridized carbons (Fsp3) is 0.0870. The quantitative estimate of drug-likeness (QED) is 0.344. The maximum atomic E-state index is 13.1. The molecule has 0 aliphatic heterocycles. The first kappa shape index (κ1) is 19.6. The lowest BCUT2D eigenvalue weighted by Gasteiger charge is -2.00. The number of thiazole rings is 2. The Labute approximate surface area is 185 Å². The van der Waals surface area contributed by atoms with Crippen molar-refractivity contribution in [2.45, 2.75) is 13.3 Å². The Balaban J connectivity index is 1.29. The van der Waals surface area contributed by atoms with Gasteiger partial charge < -0.3 is 10.3 Å². The van der Waals surface area contributed by atoms with E-state index in [2.05, 4.69) is 26.3 Å². The molecule has 5 nitrogen and oxygen atoms in total. The summed E-state index contributed by atoms with van der Waals surface area (Å²) < 4.78 is 13.1. The van der Waals surface area contributed by atoms with Crippen molar-refractivity contribution in [1.82, 2.24) is 15.0 Å². The van der Waals surface area contributed by atoms with Gasteiger partial charge in [0.15, 0.2) is 5.13 Å². The number of para-hydroxylation sites is 1. The number of rotatable bonds is 5. The van der Waals surface area contributed by atoms with Crippen LogP contribution in [0.2, 0.25) is 0 Å². The lowest BCUT2D eigenvalue weighted by molar-refractivity contribution is -0.115. The molecule has 0 unspecified atom stereocenters. The summed E-state index contributed by atoms with van der Waals surface area (Å²) in [5.74, 6) is -0.460. The topological polar surface area (TPSA) is 70.7 Å². The van der Waals surface area contributed by atoms with Crippen LogP contribution in [-0.4, -0.2) is 20.9 Å². The average molecular weight is 449 g/mol. The summed E-state index contributed by atoms with van der Waals surface area (Å²) in [6.45, 7) is 2.02. The molecular formula is C23H17FN4OS2. The summed E-state index contributed by atoms with van der Waals surface area (Å²) >= 11 is 2.83. The number of carbonyl (C=O) groups excluding carboxylic acids is 1. The van der Waals surface area contributed by atoms with Gasteiger partial charge in [-0.3, -0.25) is 4.79 Å². The molecule has 3 heterocycles. The first-order valence-corrected chi connectivity index (χ1v) is 11.4. The lowest BCUT2D eigenvalue weighted by Crippen LogP contribution is -2.14. The molecule has 0 atom stereocenters. The molecule has 0 saturated carbocycles. The normalized spacial score (nSPS) is 11.2. The number of aryl methyl sites for hydroxylation is 1. The van der Waals surface area contributed by atoms with Crippen molar-refractivity contribution in [3.8, 4) is 21.8 Å². The largest absolute Gasteiger partial charge is 0.358 e. The molecule has 0 aliphatic carbocycles. The van der Waals surface area contributed by atoms with E-state index in [1.807, 2.05) is 35.9 Å². The van der Waals surface area contributed by atoms with Gasteiger partial charge in [-0.25, -0.2) is 14.4 Å². The third kappa shape index (κ3) is 3.99. The van der Waals surface area contributed by atoms with Crippen LogP contribution in [0.3, 0.4) is 0 Å². The van der Waals surface area contributed by atoms with Gasteiger partial charge in [0.05, 0.1) is 17.8 Å². The molecule has 3 aromatic heterocycles. The van der Waals surface area contributed by atoms with Gasteiger partial charge >= 0.3 is 0 Å². The van der Waals surface area contributed by atoms with Crippen LogP contribution >= 0.6 is 22.7 Å². The van der Waals surface area contributed by atoms with Crippen molar-refractivity contribution in [2.75, 3.05) is 5.32 Å². The highest BCUT2D eigenvalue weighted by Crippen LogP contribution is 2.34. The SMILES string of the molecule is Cc1[nH]c2ccccc2c1-c1csc(NC(=O)Cc2csc(-c3ccc(F)cc3)n2)n1. The van der Waals surface area contributed by atoms with Gasteiger partial charge in [0, 0.05) is 38.5 Å². The first-order chi connectivity index (χ1) is 15.1. The summed E-state index contributed by atoms with van der Waals surface area (Å²) in [4.78, 5) is 25.0. The van der Waals surface area contributed by atoms with Gasteiger partial charge in [-0.2, -0.15) is 0 Å². The van der Waals surface area contributed by atoms with Crippen LogP contribution in [0, 0.1) is 12.7 Å². The number of nitrogens with zero attached hydrogens (tertiary/aromatic N) is 2. The van der Waals surface area contributed by atoms with Crippen LogP contribution in [-0.2, 0) is 11.2 Å². The fourth-order valence-corrected chi connectivity index (χ4v) is 5.04. The van der Waals surface area contributed by atoms with Crippen LogP contribution < -0.4 is 5.32 Å². The molecular weight excluding hydrogens is 431 g/mol. The number of amides is 1. The highest BCUT2D eigenvalue weighted by Gasteiger charge is 2.15. The van der Waals surface area contributed by atoms with Crippen LogP contribution in [0.1, 0.15) is 11.4 Å². The average Bonchev–Trinajstić information content (AvgIpc) is 3.47. The number of aromatic amines is 1. The molecule has 0 aliphatic rings. The number of halogens is 1. The van der Waals surface area contributed by atoms with Gasteiger partial charge in [-0.05, 0) is 37.3 Å². The van der Waals surface area contributed by atoms with E-state index in [1.54, 1.807) is 12.1 Å². The zero-order valence-electron chi connectivity index (χ0n) is 16.5. The third-order valence-electron chi connectivity index (χ3n) is 4.88. The molecule has 154 valence electrons. The number of benzene rings is 2. The second-order valence-corrected chi connectivity index (χ2v) is 8.80. The van der Waals surface area contributed by atoms with Crippen LogP contribution in [0.15, 0.2) is 59.3 Å². The molecule has 31 heavy (non-hydrogen) atoms. The Bertz CT molecular complexity index is 1380. The molecule has 0 bridgehead atoms. The smallest absolute Gasteiger partial charge is 0.232 e. The highest BCUT2D eigenvalue weighted by atomic mass is 32.1. The number of H-pyrrole nitrogens is 1. The molecule has 0 spiro atoms. The van der Waals surface area contributed by atoms with Crippen molar-refractivity contribution in [3.05, 3.63) is 76.5 Å². The standard InChI is InChI=1S/C23H17FN4OS2/c1-13-21(17-4-2-3-5-18(17)25-13)19-12-31-23(27-19)28-20(29)10-16-11-30-22(26-16)14-6-8-15(24)9-7-14/h2-9,11-12,25H,10H2,1H3,(H,27,28,29). The van der Waals surface area contributed by atoms with Crippen molar-refractivity contribution < 1.29 is 9.18 Å². The van der Waals surface area contributed by atoms with E-state index in [-0.39, 0.29) is 18.1 Å². The third-order valence-corrected chi connectivity index (χ3v) is 6.58. The number of fused-ring (bicyclic) bond motifs is 1. The van der Waals surface area contributed by atoms with Crippen LogP contribution in [0.25, 0.3) is 32.7 Å². The molecule has 0 radical (unpaired) electrons. The van der Waals surface area contributed by atoms with E-state index in [0.29, 0.717) is 10.8 Å². The summed E-state index contributed by atoms with van der Waals surface area (Å²) in [5, 5.41) is 9.09. The molecule has 5 aromatic rings.